The third kappa shape index (κ3) is 6.45. The Bertz CT molecular complexity index is 606. The van der Waals surface area contributed by atoms with Gasteiger partial charge in [0.25, 0.3) is 0 Å². The van der Waals surface area contributed by atoms with E-state index in [1.54, 1.807) is 19.2 Å². The van der Waals surface area contributed by atoms with Gasteiger partial charge in [0.1, 0.15) is 12.2 Å². The van der Waals surface area contributed by atoms with Gasteiger partial charge in [-0.05, 0) is 23.6 Å². The zero-order chi connectivity index (χ0) is 19.8. The van der Waals surface area contributed by atoms with E-state index >= 15 is 0 Å². The van der Waals surface area contributed by atoms with Gasteiger partial charge in [0.2, 0.25) is 0 Å². The fraction of sp³-hybridized carbons (Fsp3) is 0.650. The molecule has 1 aliphatic rings. The van der Waals surface area contributed by atoms with Crippen LogP contribution in [-0.2, 0) is 25.6 Å². The second kappa shape index (κ2) is 10.6. The smallest absolute Gasteiger partial charge is 0.309 e. The van der Waals surface area contributed by atoms with Crippen LogP contribution in [0, 0.1) is 17.7 Å². The number of carbonyl (C=O) groups is 1. The molecule has 1 heterocycles. The van der Waals surface area contributed by atoms with Gasteiger partial charge in [-0.25, -0.2) is 4.39 Å². The molecule has 0 saturated carbocycles. The number of methoxy groups -OCH3 is 1. The van der Waals surface area contributed by atoms with Crippen LogP contribution in [0.4, 0.5) is 4.39 Å². The van der Waals surface area contributed by atoms with Crippen LogP contribution < -0.4 is 4.74 Å². The molecule has 1 saturated heterocycles. The summed E-state index contributed by atoms with van der Waals surface area (Å²) in [5, 5.41) is 10.2. The van der Waals surface area contributed by atoms with Gasteiger partial charge in [-0.3, -0.25) is 4.79 Å². The maximum absolute atomic E-state index is 13.8. The highest BCUT2D eigenvalue weighted by atomic mass is 19.1. The monoisotopic (exact) mass is 384 g/mol. The minimum absolute atomic E-state index is 0.0319. The van der Waals surface area contributed by atoms with Gasteiger partial charge in [0.05, 0.1) is 25.7 Å². The Balaban J connectivity index is 1.78. The second-order valence-electron chi connectivity index (χ2n) is 7.10. The molecular formula is C20H29FO6. The molecule has 0 aliphatic carbocycles. The number of halogens is 1. The van der Waals surface area contributed by atoms with E-state index in [4.69, 9.17) is 18.9 Å². The van der Waals surface area contributed by atoms with Gasteiger partial charge in [-0.1, -0.05) is 19.9 Å². The molecule has 1 N–H and O–H groups in total. The first-order valence-electron chi connectivity index (χ1n) is 9.28. The van der Waals surface area contributed by atoms with Crippen molar-refractivity contribution in [2.75, 3.05) is 26.9 Å². The van der Waals surface area contributed by atoms with Crippen molar-refractivity contribution >= 4 is 5.97 Å². The van der Waals surface area contributed by atoms with Gasteiger partial charge < -0.3 is 24.1 Å². The Hall–Kier alpha value is -1.70. The quantitative estimate of drug-likeness (QED) is 0.467. The SMILES string of the molecule is COCCCOc1cc(COC[C@@H](O)C2C[C@@H](C(C)C)C(=O)O2)ccc1F. The number of hydrogen-bond acceptors (Lipinski definition) is 6. The van der Waals surface area contributed by atoms with Crippen molar-refractivity contribution < 1.29 is 33.2 Å². The van der Waals surface area contributed by atoms with E-state index in [2.05, 4.69) is 0 Å². The van der Waals surface area contributed by atoms with Crippen LogP contribution in [0.1, 0.15) is 32.3 Å². The predicted molar refractivity (Wildman–Crippen MR) is 96.9 cm³/mol. The molecule has 3 atom stereocenters. The van der Waals surface area contributed by atoms with E-state index in [0.717, 1.165) is 5.56 Å². The summed E-state index contributed by atoms with van der Waals surface area (Å²) in [4.78, 5) is 11.8. The summed E-state index contributed by atoms with van der Waals surface area (Å²) in [7, 11) is 1.60. The van der Waals surface area contributed by atoms with E-state index in [0.29, 0.717) is 26.1 Å². The van der Waals surface area contributed by atoms with E-state index in [-0.39, 0.29) is 36.8 Å². The van der Waals surface area contributed by atoms with E-state index < -0.39 is 18.0 Å². The number of esters is 1. The molecule has 1 aromatic carbocycles. The predicted octanol–water partition coefficient (Wildman–Crippen LogP) is 2.71. The lowest BCUT2D eigenvalue weighted by molar-refractivity contribution is -0.150. The van der Waals surface area contributed by atoms with Crippen molar-refractivity contribution in [1.29, 1.82) is 0 Å². The fourth-order valence-corrected chi connectivity index (χ4v) is 2.95. The van der Waals surface area contributed by atoms with Crippen LogP contribution in [0.2, 0.25) is 0 Å². The Morgan fingerprint density at radius 3 is 2.78 bits per heavy atom. The summed E-state index contributed by atoms with van der Waals surface area (Å²) in [5.41, 5.74) is 0.730. The fourth-order valence-electron chi connectivity index (χ4n) is 2.95. The first-order valence-corrected chi connectivity index (χ1v) is 9.28. The Morgan fingerprint density at radius 1 is 1.33 bits per heavy atom. The largest absolute Gasteiger partial charge is 0.490 e. The van der Waals surface area contributed by atoms with Gasteiger partial charge in [0, 0.05) is 26.6 Å². The third-order valence-electron chi connectivity index (χ3n) is 4.59. The second-order valence-corrected chi connectivity index (χ2v) is 7.10. The standard InChI is InChI=1S/C20H29FO6/c1-13(2)15-10-19(27-20(15)23)17(22)12-25-11-14-5-6-16(21)18(9-14)26-8-4-7-24-3/h5-6,9,13,15,17,19,22H,4,7-8,10-12H2,1-3H3/t15-,17+,19?/m0/s1. The number of aliphatic hydroxyl groups is 1. The molecule has 0 bridgehead atoms. The molecule has 1 fully saturated rings. The molecule has 27 heavy (non-hydrogen) atoms. The van der Waals surface area contributed by atoms with E-state index in [1.165, 1.54) is 6.07 Å². The summed E-state index contributed by atoms with van der Waals surface area (Å²) in [6.07, 6.45) is -0.266. The normalized spacial score (nSPS) is 20.7. The average molecular weight is 384 g/mol. The van der Waals surface area contributed by atoms with Crippen molar-refractivity contribution in [1.82, 2.24) is 0 Å². The molecule has 1 aliphatic heterocycles. The van der Waals surface area contributed by atoms with Gasteiger partial charge in [-0.15, -0.1) is 0 Å². The summed E-state index contributed by atoms with van der Waals surface area (Å²) in [6, 6.07) is 4.51. The molecular weight excluding hydrogens is 355 g/mol. The van der Waals surface area contributed by atoms with E-state index in [9.17, 15) is 14.3 Å². The molecule has 0 amide bonds. The molecule has 1 unspecified atom stereocenters. The zero-order valence-corrected chi connectivity index (χ0v) is 16.2. The van der Waals surface area contributed by atoms with Crippen molar-refractivity contribution in [2.45, 2.75) is 45.5 Å². The minimum Gasteiger partial charge on any atom is -0.490 e. The van der Waals surface area contributed by atoms with Crippen molar-refractivity contribution in [2.24, 2.45) is 11.8 Å². The van der Waals surface area contributed by atoms with Crippen molar-refractivity contribution in [3.63, 3.8) is 0 Å². The number of ether oxygens (including phenoxy) is 4. The molecule has 7 heteroatoms. The Morgan fingerprint density at radius 2 is 2.11 bits per heavy atom. The molecule has 0 radical (unpaired) electrons. The molecule has 2 rings (SSSR count). The summed E-state index contributed by atoms with van der Waals surface area (Å²) in [6.45, 7) is 5.05. The molecule has 0 spiro atoms. The van der Waals surface area contributed by atoms with Crippen LogP contribution in [0.3, 0.4) is 0 Å². The lowest BCUT2D eigenvalue weighted by Gasteiger charge is -2.17. The highest BCUT2D eigenvalue weighted by Crippen LogP contribution is 2.29. The number of aliphatic hydroxyl groups excluding tert-OH is 1. The maximum Gasteiger partial charge on any atom is 0.309 e. The maximum atomic E-state index is 13.8. The summed E-state index contributed by atoms with van der Waals surface area (Å²) >= 11 is 0. The van der Waals surface area contributed by atoms with Crippen LogP contribution in [0.25, 0.3) is 0 Å². The number of carbonyl (C=O) groups excluding carboxylic acids is 1. The third-order valence-corrected chi connectivity index (χ3v) is 4.59. The van der Waals surface area contributed by atoms with Crippen LogP contribution in [0.5, 0.6) is 5.75 Å². The van der Waals surface area contributed by atoms with Crippen LogP contribution in [0.15, 0.2) is 18.2 Å². The first-order chi connectivity index (χ1) is 12.9. The first kappa shape index (κ1) is 21.6. The Labute approximate surface area is 159 Å². The highest BCUT2D eigenvalue weighted by Gasteiger charge is 2.39. The molecule has 152 valence electrons. The van der Waals surface area contributed by atoms with Crippen molar-refractivity contribution in [3.05, 3.63) is 29.6 Å². The minimum atomic E-state index is -0.886. The number of hydrogen-bond donors (Lipinski definition) is 1. The van der Waals surface area contributed by atoms with Crippen molar-refractivity contribution in [3.8, 4) is 5.75 Å². The average Bonchev–Trinajstić information content (AvgIpc) is 3.03. The molecule has 6 nitrogen and oxygen atoms in total. The number of rotatable bonds is 11. The topological polar surface area (TPSA) is 74.2 Å². The van der Waals surface area contributed by atoms with Gasteiger partial charge >= 0.3 is 5.97 Å². The molecule has 0 aromatic heterocycles. The number of benzene rings is 1. The van der Waals surface area contributed by atoms with Gasteiger partial charge in [-0.2, -0.15) is 0 Å². The lowest BCUT2D eigenvalue weighted by atomic mass is 9.91. The summed E-state index contributed by atoms with van der Waals surface area (Å²) < 4.78 is 34.9. The summed E-state index contributed by atoms with van der Waals surface area (Å²) in [5.74, 6) is -0.536. The molecule has 1 aromatic rings. The van der Waals surface area contributed by atoms with Gasteiger partial charge in [0.15, 0.2) is 11.6 Å². The van der Waals surface area contributed by atoms with E-state index in [1.807, 2.05) is 13.8 Å². The lowest BCUT2D eigenvalue weighted by Crippen LogP contribution is -2.30. The number of cyclic esters (lactones) is 1. The highest BCUT2D eigenvalue weighted by molar-refractivity contribution is 5.75. The van der Waals surface area contributed by atoms with Crippen LogP contribution >= 0.6 is 0 Å². The van der Waals surface area contributed by atoms with Crippen LogP contribution in [-0.4, -0.2) is 50.2 Å². The zero-order valence-electron chi connectivity index (χ0n) is 16.2. The Kier molecular flexibility index (Phi) is 8.47.